The van der Waals surface area contributed by atoms with Crippen molar-refractivity contribution in [2.75, 3.05) is 59.0 Å². The summed E-state index contributed by atoms with van der Waals surface area (Å²) in [5, 5.41) is 25.7. The first-order chi connectivity index (χ1) is 18.5. The number of ketones is 4. The van der Waals surface area contributed by atoms with Crippen LogP contribution in [0, 0.1) is 23.7 Å². The quantitative estimate of drug-likeness (QED) is 0.233. The van der Waals surface area contributed by atoms with Crippen LogP contribution >= 0.6 is 0 Å². The van der Waals surface area contributed by atoms with Gasteiger partial charge in [-0.15, -0.1) is 0 Å². The van der Waals surface area contributed by atoms with Crippen LogP contribution in [0.2, 0.25) is 0 Å². The largest absolute Gasteiger partial charge is 0.505 e. The normalized spacial score (nSPS) is 29.4. The monoisotopic (exact) mass is 557 g/mol. The number of anilines is 2. The predicted octanol–water partition coefficient (Wildman–Crippen LogP) is -1.57. The van der Waals surface area contributed by atoms with E-state index in [0.29, 0.717) is 11.3 Å². The van der Waals surface area contributed by atoms with Crippen LogP contribution in [-0.4, -0.2) is 115 Å². The number of benzene rings is 1. The third-order valence-electron chi connectivity index (χ3n) is 8.45. The highest BCUT2D eigenvalue weighted by Gasteiger charge is 2.69. The number of amides is 2. The van der Waals surface area contributed by atoms with Gasteiger partial charge in [-0.25, -0.2) is 0 Å². The summed E-state index contributed by atoms with van der Waals surface area (Å²) in [6.07, 6.45) is 0.110. The number of carbonyl (C=O) groups is 6. The van der Waals surface area contributed by atoms with E-state index in [1.165, 1.54) is 23.9 Å². The third kappa shape index (κ3) is 4.15. The van der Waals surface area contributed by atoms with E-state index in [1.54, 1.807) is 39.2 Å². The molecular formula is C27H35N5O8. The molecule has 0 aromatic heterocycles. The van der Waals surface area contributed by atoms with Crippen molar-refractivity contribution in [1.29, 1.82) is 0 Å². The first-order valence-electron chi connectivity index (χ1n) is 12.9. The van der Waals surface area contributed by atoms with Gasteiger partial charge in [0, 0.05) is 39.8 Å². The fourth-order valence-corrected chi connectivity index (χ4v) is 6.51. The van der Waals surface area contributed by atoms with Crippen LogP contribution in [0.4, 0.5) is 11.4 Å². The molecule has 2 amide bonds. The molecule has 0 bridgehead atoms. The van der Waals surface area contributed by atoms with Gasteiger partial charge in [-0.1, -0.05) is 0 Å². The molecular weight excluding hydrogens is 522 g/mol. The Labute approximate surface area is 231 Å². The summed E-state index contributed by atoms with van der Waals surface area (Å²) < 4.78 is 0. The van der Waals surface area contributed by atoms with Gasteiger partial charge in [0.05, 0.1) is 29.8 Å². The van der Waals surface area contributed by atoms with E-state index in [1.807, 2.05) is 0 Å². The summed E-state index contributed by atoms with van der Waals surface area (Å²) in [4.78, 5) is 83.3. The predicted molar refractivity (Wildman–Crippen MR) is 143 cm³/mol. The van der Waals surface area contributed by atoms with Gasteiger partial charge < -0.3 is 31.1 Å². The topological polar surface area (TPSA) is 191 Å². The average molecular weight is 558 g/mol. The number of carbonyl (C=O) groups excluding carboxylic acids is 6. The van der Waals surface area contributed by atoms with Crippen molar-refractivity contribution in [3.05, 3.63) is 17.2 Å². The molecule has 2 fully saturated rings. The van der Waals surface area contributed by atoms with E-state index >= 15 is 0 Å². The lowest BCUT2D eigenvalue weighted by atomic mass is 9.52. The van der Waals surface area contributed by atoms with Crippen LogP contribution in [0.15, 0.2) is 6.07 Å². The Bertz CT molecular complexity index is 1340. The molecule has 4 rings (SSSR count). The van der Waals surface area contributed by atoms with E-state index in [2.05, 4.69) is 5.32 Å². The lowest BCUT2D eigenvalue weighted by Crippen LogP contribution is -2.74. The van der Waals surface area contributed by atoms with Gasteiger partial charge in [-0.3, -0.25) is 33.7 Å². The number of nitrogens with zero attached hydrogens (tertiary/aromatic N) is 3. The van der Waals surface area contributed by atoms with Crippen LogP contribution in [0.5, 0.6) is 5.75 Å². The summed E-state index contributed by atoms with van der Waals surface area (Å²) in [6.45, 7) is -0.171. The Morgan fingerprint density at radius 2 is 1.70 bits per heavy atom. The number of nitrogens with two attached hydrogens (primary N) is 1. The number of likely N-dealkylation sites (N-methyl/N-ethyl adjacent to an activating group) is 2. The van der Waals surface area contributed by atoms with Crippen LogP contribution < -0.4 is 16.0 Å². The molecule has 40 heavy (non-hydrogen) atoms. The Kier molecular flexibility index (Phi) is 7.26. The van der Waals surface area contributed by atoms with Crippen molar-refractivity contribution in [3.63, 3.8) is 0 Å². The minimum absolute atomic E-state index is 0.0329. The molecule has 0 aliphatic heterocycles. The maximum absolute atomic E-state index is 14.0. The van der Waals surface area contributed by atoms with Crippen molar-refractivity contribution in [2.24, 2.45) is 29.4 Å². The number of primary amides is 1. The van der Waals surface area contributed by atoms with Crippen LogP contribution in [-0.2, 0) is 30.4 Å². The van der Waals surface area contributed by atoms with Crippen molar-refractivity contribution in [3.8, 4) is 5.75 Å². The standard InChI is InChI=1S/C27H35N5O8/c1-30(2)15-9-14(29-10-16(33)31(3)4)21(34)18-12(15)7-11-8-13-20(32(5)6)23(36)19(26(28)39)25(38)27(13,40)24(37)17(11)22(18)35/h9,11,13,17,19-20,29,34,40H,7-8,10H2,1-6H3,(H2,28,39)/t11-,13-,17?,19?,20-,27-/m0/s1. The maximum Gasteiger partial charge on any atom is 0.241 e. The molecule has 3 aliphatic rings. The number of rotatable bonds is 6. The molecule has 1 aromatic carbocycles. The van der Waals surface area contributed by atoms with E-state index in [4.69, 9.17) is 5.73 Å². The highest BCUT2D eigenvalue weighted by Crippen LogP contribution is 2.52. The number of hydrogen-bond acceptors (Lipinski definition) is 11. The minimum atomic E-state index is -2.79. The molecule has 0 spiro atoms. The number of phenolic OH excluding ortho intramolecular Hbond substituents is 1. The first kappa shape index (κ1) is 29.2. The second kappa shape index (κ2) is 9.97. The summed E-state index contributed by atoms with van der Waals surface area (Å²) in [6, 6.07) is 0.448. The molecule has 2 saturated carbocycles. The van der Waals surface area contributed by atoms with Gasteiger partial charge in [0.25, 0.3) is 0 Å². The van der Waals surface area contributed by atoms with Crippen molar-refractivity contribution in [2.45, 2.75) is 24.5 Å². The molecule has 0 heterocycles. The average Bonchev–Trinajstić information content (AvgIpc) is 2.84. The lowest BCUT2D eigenvalue weighted by Gasteiger charge is -2.52. The number of fused-ring (bicyclic) bond motifs is 3. The Hall–Kier alpha value is -3.84. The van der Waals surface area contributed by atoms with Gasteiger partial charge in [-0.05, 0) is 44.5 Å². The molecule has 5 N–H and O–H groups in total. The Morgan fingerprint density at radius 3 is 2.23 bits per heavy atom. The lowest BCUT2D eigenvalue weighted by molar-refractivity contribution is -0.181. The maximum atomic E-state index is 14.0. The third-order valence-corrected chi connectivity index (χ3v) is 8.45. The number of Topliss-reactive ketones (excluding diaryl/α,β-unsaturated/α-hetero) is 4. The SMILES string of the molecule is CN(C)C(=O)CNc1cc(N(C)C)c2c(c1O)C(=O)C1C(=O)[C@]3(O)C(=O)C(C(N)=O)C(=O)[C@@H](N(C)C)[C@@H]3C[C@@H]1C2. The number of nitrogens with one attached hydrogen (secondary N) is 1. The highest BCUT2D eigenvalue weighted by atomic mass is 16.3. The van der Waals surface area contributed by atoms with E-state index < -0.39 is 70.1 Å². The minimum Gasteiger partial charge on any atom is -0.505 e. The number of aliphatic hydroxyl groups is 1. The first-order valence-corrected chi connectivity index (χ1v) is 12.9. The van der Waals surface area contributed by atoms with Crippen molar-refractivity contribution < 1.29 is 39.0 Å². The number of phenols is 1. The molecule has 1 aromatic rings. The molecule has 0 radical (unpaired) electrons. The summed E-state index contributed by atoms with van der Waals surface area (Å²) in [5.74, 6) is -11.4. The molecule has 6 atom stereocenters. The van der Waals surface area contributed by atoms with Crippen LogP contribution in [0.25, 0.3) is 0 Å². The fraction of sp³-hybridized carbons (Fsp3) is 0.556. The van der Waals surface area contributed by atoms with Crippen molar-refractivity contribution in [1.82, 2.24) is 9.80 Å². The molecule has 216 valence electrons. The molecule has 3 aliphatic carbocycles. The van der Waals surface area contributed by atoms with Crippen LogP contribution in [0.1, 0.15) is 22.3 Å². The second-order valence-electron chi connectivity index (χ2n) is 11.5. The number of hydrogen-bond donors (Lipinski definition) is 4. The van der Waals surface area contributed by atoms with E-state index in [0.717, 1.165) is 0 Å². The zero-order valence-corrected chi connectivity index (χ0v) is 23.3. The van der Waals surface area contributed by atoms with E-state index in [9.17, 15) is 39.0 Å². The fourth-order valence-electron chi connectivity index (χ4n) is 6.51. The smallest absolute Gasteiger partial charge is 0.241 e. The Morgan fingerprint density at radius 1 is 1.07 bits per heavy atom. The summed E-state index contributed by atoms with van der Waals surface area (Å²) >= 11 is 0. The summed E-state index contributed by atoms with van der Waals surface area (Å²) in [7, 11) is 9.70. The van der Waals surface area contributed by atoms with Crippen molar-refractivity contribution >= 4 is 46.3 Å². The van der Waals surface area contributed by atoms with Gasteiger partial charge in [0.2, 0.25) is 11.8 Å². The van der Waals surface area contributed by atoms with Gasteiger partial charge in [0.1, 0.15) is 5.75 Å². The number of aromatic hydroxyl groups is 1. The van der Waals surface area contributed by atoms with Gasteiger partial charge >= 0.3 is 0 Å². The molecule has 2 unspecified atom stereocenters. The molecule has 13 heteroatoms. The highest BCUT2D eigenvalue weighted by molar-refractivity contribution is 6.32. The summed E-state index contributed by atoms with van der Waals surface area (Å²) in [5.41, 5.74) is 3.57. The zero-order valence-electron chi connectivity index (χ0n) is 23.3. The second-order valence-corrected chi connectivity index (χ2v) is 11.5. The van der Waals surface area contributed by atoms with Gasteiger partial charge in [-0.2, -0.15) is 0 Å². The molecule has 13 nitrogen and oxygen atoms in total. The molecule has 0 saturated heterocycles. The zero-order chi connectivity index (χ0) is 30.0. The van der Waals surface area contributed by atoms with E-state index in [-0.39, 0.29) is 36.5 Å². The Balaban J connectivity index is 1.85. The van der Waals surface area contributed by atoms with Crippen LogP contribution in [0.3, 0.4) is 0 Å². The van der Waals surface area contributed by atoms with Gasteiger partial charge in [0.15, 0.2) is 34.7 Å².